The second kappa shape index (κ2) is 20.0. The van der Waals surface area contributed by atoms with Crippen LogP contribution in [-0.4, -0.2) is 47.9 Å². The van der Waals surface area contributed by atoms with E-state index in [1.807, 2.05) is 22.8 Å². The molecule has 8 rings (SSSR count). The van der Waals surface area contributed by atoms with Gasteiger partial charge in [0, 0.05) is 11.4 Å². The van der Waals surface area contributed by atoms with Crippen LogP contribution in [0.2, 0.25) is 0 Å². The number of thiophene rings is 2. The molecule has 1 fully saturated rings. The van der Waals surface area contributed by atoms with Gasteiger partial charge in [-0.2, -0.15) is 0 Å². The number of nitrogens with zero attached hydrogens (tertiary/aromatic N) is 2. The molecule has 5 aromatic rings. The molecule has 3 aromatic carbocycles. The maximum absolute atomic E-state index is 14.8. The van der Waals surface area contributed by atoms with Crippen molar-refractivity contribution >= 4 is 81.2 Å². The second-order valence-electron chi connectivity index (χ2n) is 16.8. The molecule has 0 aliphatic carbocycles. The summed E-state index contributed by atoms with van der Waals surface area (Å²) >= 11 is 5.01. The van der Waals surface area contributed by atoms with E-state index in [0.29, 0.717) is 37.4 Å². The van der Waals surface area contributed by atoms with Crippen LogP contribution in [0.3, 0.4) is 0 Å². The Labute approximate surface area is 397 Å². The number of ether oxygens (including phenoxy) is 1. The molecule has 64 heavy (non-hydrogen) atoms. The molecule has 2 amide bonds. The number of fused-ring (bicyclic) bond motifs is 1. The summed E-state index contributed by atoms with van der Waals surface area (Å²) in [5.41, 5.74) is 5.91. The zero-order valence-corrected chi connectivity index (χ0v) is 42.2. The summed E-state index contributed by atoms with van der Waals surface area (Å²) in [6, 6.07) is 41.1. The van der Waals surface area contributed by atoms with Crippen LogP contribution in [0.5, 0.6) is 0 Å². The number of amides is 2. The SMILES string of the molecule is CC=C1COCC1=CC(/C=C/c1ccc(C2=C3C(=O)N(CC(C)C)C(c4ccc(/C=C/C)s4)=C3C(=O)N2CC(C)C)s1)=C([C]#[Os])[P+](c1ccccc1)(c1ccccc1)c1ccccc1. The molecule has 2 aromatic heterocycles. The van der Waals surface area contributed by atoms with Crippen LogP contribution >= 0.6 is 29.9 Å². The number of rotatable bonds is 14. The van der Waals surface area contributed by atoms with Gasteiger partial charge >= 0.3 is 307 Å². The summed E-state index contributed by atoms with van der Waals surface area (Å²) in [5.74, 6) is 0.206. The Kier molecular flexibility index (Phi) is 14.2. The van der Waals surface area contributed by atoms with Gasteiger partial charge in [-0.05, 0) is 31.1 Å². The average Bonchev–Trinajstić information content (AvgIpc) is 4.15. The first-order chi connectivity index (χ1) is 31.1. The van der Waals surface area contributed by atoms with Gasteiger partial charge in [-0.25, -0.2) is 0 Å². The molecule has 0 spiro atoms. The van der Waals surface area contributed by atoms with Crippen molar-refractivity contribution in [1.82, 2.24) is 9.80 Å². The van der Waals surface area contributed by atoms with E-state index in [1.54, 1.807) is 40.6 Å². The molecule has 3 aliphatic heterocycles. The number of carbonyl (C=O) groups excluding carboxylic acids is 2. The standard InChI is InChI=1S/C55H53N2O3PS2.Os/c1-8-19-46-28-30-48(62-46)52-50-51(55(59)56(52)33-37(3)4)53(57(54(50)58)34-38(5)6)49-31-29-47(63-49)27-26-41(32-42-36-60-35-40(42)9-2)39(7)61(43-20-13-10-14-21-43,44-22-15-11-16-23-44)45-24-17-12-18-25-45;/h8-32,37-38H,33-36H2,1-6H3;/q+1;/b19-8+,27-26+,40-9?,41-39?,42-32?;. The Hall–Kier alpha value is -5.01. The van der Waals surface area contributed by atoms with Crippen molar-refractivity contribution in [2.45, 2.75) is 41.5 Å². The van der Waals surface area contributed by atoms with Crippen molar-refractivity contribution in [2.75, 3.05) is 26.3 Å². The van der Waals surface area contributed by atoms with E-state index in [-0.39, 0.29) is 23.7 Å². The van der Waals surface area contributed by atoms with E-state index < -0.39 is 7.26 Å². The molecule has 0 radical (unpaired) electrons. The maximum atomic E-state index is 14.8. The predicted octanol–water partition coefficient (Wildman–Crippen LogP) is 11.6. The van der Waals surface area contributed by atoms with Crippen molar-refractivity contribution in [1.29, 1.82) is 0 Å². The summed E-state index contributed by atoms with van der Waals surface area (Å²) in [6.45, 7) is 14.7. The third-order valence-electron chi connectivity index (χ3n) is 11.5. The van der Waals surface area contributed by atoms with Gasteiger partial charge in [-0.15, -0.1) is 11.3 Å². The summed E-state index contributed by atoms with van der Waals surface area (Å²) < 4.78 is 9.87. The van der Waals surface area contributed by atoms with Crippen LogP contribution in [0.15, 0.2) is 173 Å². The van der Waals surface area contributed by atoms with E-state index in [1.165, 1.54) is 21.5 Å². The van der Waals surface area contributed by atoms with Crippen LogP contribution < -0.4 is 15.9 Å². The van der Waals surface area contributed by atoms with Gasteiger partial charge in [-0.3, -0.25) is 0 Å². The molecule has 5 nitrogen and oxygen atoms in total. The summed E-state index contributed by atoms with van der Waals surface area (Å²) in [5, 5.41) is 4.89. The fourth-order valence-electron chi connectivity index (χ4n) is 8.80. The van der Waals surface area contributed by atoms with Crippen molar-refractivity contribution < 1.29 is 32.3 Å². The first-order valence-electron chi connectivity index (χ1n) is 21.8. The molecule has 3 aliphatic rings. The van der Waals surface area contributed by atoms with E-state index >= 15 is 0 Å². The fraction of sp³-hybridized carbons (Fsp3) is 0.218. The Morgan fingerprint density at radius 2 is 1.12 bits per heavy atom. The molecule has 325 valence electrons. The van der Waals surface area contributed by atoms with Crippen molar-refractivity contribution in [3.8, 4) is 4.37 Å². The van der Waals surface area contributed by atoms with Crippen molar-refractivity contribution in [3.05, 3.63) is 192 Å². The van der Waals surface area contributed by atoms with E-state index in [4.69, 9.17) is 4.74 Å². The fourth-order valence-corrected chi connectivity index (χ4v) is 16.6. The first-order valence-corrected chi connectivity index (χ1v) is 26.5. The number of carbonyl (C=O) groups is 2. The monoisotopic (exact) mass is 1080 g/mol. The normalized spacial score (nSPS) is 17.5. The molecule has 0 unspecified atom stereocenters. The molecule has 0 N–H and O–H groups in total. The van der Waals surface area contributed by atoms with Crippen LogP contribution in [0, 0.1) is 16.2 Å². The van der Waals surface area contributed by atoms with E-state index in [2.05, 4.69) is 185 Å². The predicted molar refractivity (Wildman–Crippen MR) is 268 cm³/mol. The minimum absolute atomic E-state index is 0.0993. The number of allylic oxidation sites excluding steroid dienone is 6. The summed E-state index contributed by atoms with van der Waals surface area (Å²) in [4.78, 5) is 37.2. The molecular formula is C55H53N2O3OsPS2+. The Morgan fingerprint density at radius 3 is 1.55 bits per heavy atom. The minimum atomic E-state index is -2.51. The van der Waals surface area contributed by atoms with Gasteiger partial charge in [0.25, 0.3) is 0 Å². The van der Waals surface area contributed by atoms with Crippen LogP contribution in [0.1, 0.15) is 61.1 Å². The average molecular weight is 1080 g/mol. The van der Waals surface area contributed by atoms with E-state index in [0.717, 1.165) is 47.4 Å². The third-order valence-corrected chi connectivity index (χ3v) is 19.0. The van der Waals surface area contributed by atoms with Gasteiger partial charge in [0.2, 0.25) is 0 Å². The topological polar surface area (TPSA) is 49.9 Å². The van der Waals surface area contributed by atoms with Gasteiger partial charge < -0.3 is 0 Å². The van der Waals surface area contributed by atoms with Gasteiger partial charge in [0.1, 0.15) is 0 Å². The van der Waals surface area contributed by atoms with Gasteiger partial charge in [0.05, 0.1) is 4.88 Å². The van der Waals surface area contributed by atoms with E-state index in [9.17, 15) is 9.59 Å². The zero-order valence-electron chi connectivity index (χ0n) is 37.2. The molecular weight excluding hydrogens is 1020 g/mol. The molecule has 0 saturated carbocycles. The summed E-state index contributed by atoms with van der Waals surface area (Å²) in [7, 11) is -2.51. The molecule has 0 bridgehead atoms. The first kappa shape index (κ1) is 45.6. The zero-order chi connectivity index (χ0) is 45.0. The molecule has 1 saturated heterocycles. The third kappa shape index (κ3) is 8.74. The number of hydrogen-bond donors (Lipinski definition) is 0. The molecule has 5 heterocycles. The molecule has 9 heteroatoms. The summed E-state index contributed by atoms with van der Waals surface area (Å²) in [6.07, 6.45) is 13.0. The number of benzene rings is 3. The Balaban J connectivity index is 1.33. The second-order valence-corrected chi connectivity index (χ2v) is 23.1. The quantitative estimate of drug-likeness (QED) is 0.0822. The Morgan fingerprint density at radius 1 is 0.672 bits per heavy atom. The Bertz CT molecular complexity index is 2740. The van der Waals surface area contributed by atoms with Crippen LogP contribution in [0.25, 0.3) is 23.5 Å². The van der Waals surface area contributed by atoms with Crippen LogP contribution in [0.4, 0.5) is 0 Å². The number of hydrogen-bond acceptors (Lipinski definition) is 5. The van der Waals surface area contributed by atoms with Crippen molar-refractivity contribution in [2.24, 2.45) is 11.8 Å². The van der Waals surface area contributed by atoms with Gasteiger partial charge in [0.15, 0.2) is 0 Å². The van der Waals surface area contributed by atoms with Crippen LogP contribution in [-0.2, 0) is 32.3 Å². The van der Waals surface area contributed by atoms with Gasteiger partial charge in [-0.1, -0.05) is 33.8 Å². The van der Waals surface area contributed by atoms with Crippen molar-refractivity contribution in [3.63, 3.8) is 0 Å². The molecule has 0 atom stereocenters.